The van der Waals surface area contributed by atoms with Crippen LogP contribution in [-0.4, -0.2) is 40.2 Å². The second-order valence-electron chi connectivity index (χ2n) is 4.23. The van der Waals surface area contributed by atoms with Crippen molar-refractivity contribution in [2.24, 2.45) is 14.1 Å². The Labute approximate surface area is 154 Å². The number of aromatic nitrogens is 2. The molecular formula is C14H22N2O8S2. The minimum atomic E-state index is -4.41. The molecule has 0 aliphatic carbocycles. The standard InChI is InChI=1S/2C6H8N.2CH4O4S/c2*1-7-5-3-2-4-6-7;2*1-5-6(2,3)4/h2*2-6H,1H3;2*1H3,(H,2,3,4)/q2*+1;;/p-2. The first kappa shape index (κ1) is 26.3. The molecule has 0 aliphatic rings. The zero-order chi connectivity index (χ0) is 20.6. The molecule has 0 aromatic carbocycles. The molecule has 0 fully saturated rings. The van der Waals surface area contributed by atoms with Crippen LogP contribution in [0, 0.1) is 0 Å². The first-order valence-corrected chi connectivity index (χ1v) is 9.41. The van der Waals surface area contributed by atoms with Gasteiger partial charge in [0.15, 0.2) is 24.8 Å². The molecular weight excluding hydrogens is 388 g/mol. The van der Waals surface area contributed by atoms with Gasteiger partial charge in [-0.3, -0.25) is 8.37 Å². The highest BCUT2D eigenvalue weighted by Crippen LogP contribution is 1.75. The maximum Gasteiger partial charge on any atom is 0.217 e. The average molecular weight is 410 g/mol. The molecule has 26 heavy (non-hydrogen) atoms. The van der Waals surface area contributed by atoms with E-state index >= 15 is 0 Å². The second-order valence-corrected chi connectivity index (χ2v) is 6.53. The van der Waals surface area contributed by atoms with Crippen LogP contribution in [0.15, 0.2) is 61.2 Å². The molecule has 0 amide bonds. The van der Waals surface area contributed by atoms with Crippen molar-refractivity contribution in [3.05, 3.63) is 61.2 Å². The molecule has 148 valence electrons. The van der Waals surface area contributed by atoms with Gasteiger partial charge in [0.25, 0.3) is 0 Å². The van der Waals surface area contributed by atoms with E-state index in [-0.39, 0.29) is 0 Å². The lowest BCUT2D eigenvalue weighted by Gasteiger charge is -1.98. The highest BCUT2D eigenvalue weighted by atomic mass is 32.3. The van der Waals surface area contributed by atoms with Crippen LogP contribution in [0.1, 0.15) is 0 Å². The van der Waals surface area contributed by atoms with Crippen molar-refractivity contribution in [3.63, 3.8) is 0 Å². The van der Waals surface area contributed by atoms with Gasteiger partial charge in [0.2, 0.25) is 20.8 Å². The van der Waals surface area contributed by atoms with E-state index in [0.717, 1.165) is 14.2 Å². The molecule has 0 saturated heterocycles. The lowest BCUT2D eigenvalue weighted by Crippen LogP contribution is -2.25. The largest absolute Gasteiger partial charge is 0.726 e. The van der Waals surface area contributed by atoms with Crippen LogP contribution in [0.5, 0.6) is 0 Å². The van der Waals surface area contributed by atoms with Gasteiger partial charge in [-0.05, 0) is 0 Å². The maximum absolute atomic E-state index is 9.22. The molecule has 0 saturated carbocycles. The number of aryl methyl sites for hydroxylation is 2. The summed E-state index contributed by atoms with van der Waals surface area (Å²) in [6.45, 7) is 0. The molecule has 2 aromatic rings. The summed E-state index contributed by atoms with van der Waals surface area (Å²) in [7, 11) is -3.21. The highest BCUT2D eigenvalue weighted by Gasteiger charge is 1.80. The average Bonchev–Trinajstić information content (AvgIpc) is 2.57. The highest BCUT2D eigenvalue weighted by molar-refractivity contribution is 7.81. The van der Waals surface area contributed by atoms with Crippen molar-refractivity contribution in [2.45, 2.75) is 0 Å². The van der Waals surface area contributed by atoms with E-state index in [9.17, 15) is 25.9 Å². The molecule has 0 unspecified atom stereocenters. The van der Waals surface area contributed by atoms with E-state index < -0.39 is 20.8 Å². The van der Waals surface area contributed by atoms with Crippen LogP contribution in [0.4, 0.5) is 0 Å². The SMILES string of the molecule is COS(=O)(=O)[O-].COS(=O)(=O)[O-].C[n+]1ccccc1.C[n+]1ccccc1. The molecule has 0 atom stereocenters. The molecule has 0 N–H and O–H groups in total. The zero-order valence-electron chi connectivity index (χ0n) is 14.8. The molecule has 2 heterocycles. The summed E-state index contributed by atoms with van der Waals surface area (Å²) >= 11 is 0. The van der Waals surface area contributed by atoms with Gasteiger partial charge in [-0.25, -0.2) is 26.0 Å². The third-order valence-corrected chi connectivity index (χ3v) is 2.95. The van der Waals surface area contributed by atoms with Crippen LogP contribution in [-0.2, 0) is 43.3 Å². The summed E-state index contributed by atoms with van der Waals surface area (Å²) in [4.78, 5) is 0. The van der Waals surface area contributed by atoms with Crippen LogP contribution < -0.4 is 9.13 Å². The summed E-state index contributed by atoms with van der Waals surface area (Å²) in [6.07, 6.45) is 8.00. The smallest absolute Gasteiger partial charge is 0.217 e. The van der Waals surface area contributed by atoms with Crippen molar-refractivity contribution >= 4 is 20.8 Å². The van der Waals surface area contributed by atoms with Gasteiger partial charge in [0.1, 0.15) is 14.1 Å². The molecule has 0 aliphatic heterocycles. The summed E-state index contributed by atoms with van der Waals surface area (Å²) < 4.78 is 66.0. The van der Waals surface area contributed by atoms with Gasteiger partial charge in [-0.1, -0.05) is 12.1 Å². The summed E-state index contributed by atoms with van der Waals surface area (Å²) in [6, 6.07) is 12.0. The Hall–Kier alpha value is -1.96. The summed E-state index contributed by atoms with van der Waals surface area (Å²) in [5.74, 6) is 0. The maximum atomic E-state index is 9.22. The van der Waals surface area contributed by atoms with Crippen molar-refractivity contribution in [2.75, 3.05) is 14.2 Å². The number of hydrogen-bond acceptors (Lipinski definition) is 8. The minimum Gasteiger partial charge on any atom is -0.726 e. The predicted molar refractivity (Wildman–Crippen MR) is 88.6 cm³/mol. The lowest BCUT2D eigenvalue weighted by atomic mass is 10.5. The molecule has 10 nitrogen and oxygen atoms in total. The number of hydrogen-bond donors (Lipinski definition) is 0. The van der Waals surface area contributed by atoms with E-state index in [1.807, 2.05) is 84.4 Å². The van der Waals surface area contributed by atoms with Gasteiger partial charge in [0.05, 0.1) is 14.2 Å². The minimum absolute atomic E-state index is 0.808. The van der Waals surface area contributed by atoms with E-state index in [4.69, 9.17) is 0 Å². The van der Waals surface area contributed by atoms with Crippen LogP contribution >= 0.6 is 0 Å². The third kappa shape index (κ3) is 24.3. The summed E-state index contributed by atoms with van der Waals surface area (Å²) in [5.41, 5.74) is 0. The van der Waals surface area contributed by atoms with E-state index in [0.29, 0.717) is 0 Å². The number of nitrogens with zero attached hydrogens (tertiary/aromatic N) is 2. The Morgan fingerprint density at radius 3 is 0.885 bits per heavy atom. The third-order valence-electron chi connectivity index (χ3n) is 2.14. The lowest BCUT2D eigenvalue weighted by molar-refractivity contribution is -0.671. The fourth-order valence-corrected chi connectivity index (χ4v) is 0.969. The van der Waals surface area contributed by atoms with Gasteiger partial charge >= 0.3 is 0 Å². The number of pyridine rings is 2. The van der Waals surface area contributed by atoms with Gasteiger partial charge in [-0.15, -0.1) is 0 Å². The molecule has 0 bridgehead atoms. The van der Waals surface area contributed by atoms with Crippen LogP contribution in [0.2, 0.25) is 0 Å². The Kier molecular flexibility index (Phi) is 14.4. The Morgan fingerprint density at radius 2 is 0.808 bits per heavy atom. The van der Waals surface area contributed by atoms with Crippen molar-refractivity contribution in [1.29, 1.82) is 0 Å². The van der Waals surface area contributed by atoms with Crippen LogP contribution in [0.3, 0.4) is 0 Å². The molecule has 2 aromatic heterocycles. The van der Waals surface area contributed by atoms with Gasteiger partial charge < -0.3 is 9.11 Å². The Bertz CT molecular complexity index is 713. The molecule has 2 rings (SSSR count). The Balaban J connectivity index is 0. The Morgan fingerprint density at radius 1 is 0.615 bits per heavy atom. The predicted octanol–water partition coefficient (Wildman–Crippen LogP) is -0.792. The first-order valence-electron chi connectivity index (χ1n) is 6.74. The topological polar surface area (TPSA) is 141 Å². The fourth-order valence-electron chi connectivity index (χ4n) is 0.969. The van der Waals surface area contributed by atoms with E-state index in [1.54, 1.807) is 0 Å². The van der Waals surface area contributed by atoms with Crippen molar-refractivity contribution in [3.8, 4) is 0 Å². The second kappa shape index (κ2) is 14.2. The zero-order valence-corrected chi connectivity index (χ0v) is 16.4. The normalized spacial score (nSPS) is 10.1. The van der Waals surface area contributed by atoms with Gasteiger partial charge in [-0.2, -0.15) is 0 Å². The van der Waals surface area contributed by atoms with E-state index in [1.165, 1.54) is 0 Å². The van der Waals surface area contributed by atoms with E-state index in [2.05, 4.69) is 8.37 Å². The van der Waals surface area contributed by atoms with Crippen LogP contribution in [0.25, 0.3) is 0 Å². The van der Waals surface area contributed by atoms with Crippen molar-refractivity contribution < 1.29 is 43.4 Å². The first-order chi connectivity index (χ1) is 11.9. The number of rotatable bonds is 2. The van der Waals surface area contributed by atoms with Crippen molar-refractivity contribution in [1.82, 2.24) is 0 Å². The fraction of sp³-hybridized carbons (Fsp3) is 0.286. The summed E-state index contributed by atoms with van der Waals surface area (Å²) in [5, 5.41) is 0. The molecule has 0 radical (unpaired) electrons. The van der Waals surface area contributed by atoms with Gasteiger partial charge in [0, 0.05) is 24.3 Å². The quantitative estimate of drug-likeness (QED) is 0.356. The molecule has 12 heteroatoms. The molecule has 0 spiro atoms. The monoisotopic (exact) mass is 410 g/mol.